The van der Waals surface area contributed by atoms with Crippen LogP contribution in [0, 0.1) is 11.3 Å². The largest absolute Gasteiger partial charge is 0.383 e. The highest BCUT2D eigenvalue weighted by molar-refractivity contribution is 7.86. The van der Waals surface area contributed by atoms with E-state index in [0.29, 0.717) is 5.56 Å². The molecular formula is C10H11NO4S. The maximum Gasteiger partial charge on any atom is 0.306 e. The topological polar surface area (TPSA) is 76.4 Å². The Balaban J connectivity index is 3.00. The van der Waals surface area contributed by atoms with Crippen LogP contribution in [0.1, 0.15) is 11.7 Å². The third-order valence-electron chi connectivity index (χ3n) is 1.76. The van der Waals surface area contributed by atoms with Crippen molar-refractivity contribution in [1.29, 1.82) is 5.26 Å². The highest BCUT2D eigenvalue weighted by atomic mass is 32.2. The van der Waals surface area contributed by atoms with E-state index in [0.717, 1.165) is 6.26 Å². The highest BCUT2D eigenvalue weighted by Gasteiger charge is 2.11. The van der Waals surface area contributed by atoms with E-state index < -0.39 is 16.2 Å². The minimum Gasteiger partial charge on any atom is -0.383 e. The number of hydrogen-bond acceptors (Lipinski definition) is 5. The van der Waals surface area contributed by atoms with E-state index in [1.807, 2.05) is 6.07 Å². The maximum absolute atomic E-state index is 10.9. The summed E-state index contributed by atoms with van der Waals surface area (Å²) in [6.07, 6.45) is 0.223. The SMILES string of the molecule is COC(C#N)c1cccc(OS(C)(=O)=O)c1. The van der Waals surface area contributed by atoms with Crippen LogP contribution >= 0.6 is 0 Å². The van der Waals surface area contributed by atoms with Crippen LogP contribution in [0.25, 0.3) is 0 Å². The van der Waals surface area contributed by atoms with Crippen LogP contribution in [0.5, 0.6) is 5.75 Å². The predicted molar refractivity (Wildman–Crippen MR) is 57.3 cm³/mol. The van der Waals surface area contributed by atoms with E-state index in [-0.39, 0.29) is 5.75 Å². The zero-order valence-electron chi connectivity index (χ0n) is 8.88. The number of hydrogen-bond donors (Lipinski definition) is 0. The molecule has 86 valence electrons. The third kappa shape index (κ3) is 3.53. The highest BCUT2D eigenvalue weighted by Crippen LogP contribution is 2.21. The monoisotopic (exact) mass is 241 g/mol. The molecule has 1 aromatic rings. The van der Waals surface area contributed by atoms with Gasteiger partial charge >= 0.3 is 10.1 Å². The lowest BCUT2D eigenvalue weighted by Crippen LogP contribution is -2.06. The molecule has 0 aliphatic carbocycles. The predicted octanol–water partition coefficient (Wildman–Crippen LogP) is 1.24. The van der Waals surface area contributed by atoms with Gasteiger partial charge in [0.15, 0.2) is 6.10 Å². The van der Waals surface area contributed by atoms with E-state index in [1.165, 1.54) is 19.2 Å². The number of nitrogens with zero attached hydrogens (tertiary/aromatic N) is 1. The van der Waals surface area contributed by atoms with Crippen molar-refractivity contribution >= 4 is 10.1 Å². The van der Waals surface area contributed by atoms with Crippen LogP contribution in [0.15, 0.2) is 24.3 Å². The van der Waals surface area contributed by atoms with Crippen molar-refractivity contribution in [3.63, 3.8) is 0 Å². The summed E-state index contributed by atoms with van der Waals surface area (Å²) in [6, 6.07) is 8.14. The van der Waals surface area contributed by atoms with E-state index in [9.17, 15) is 8.42 Å². The second-order valence-electron chi connectivity index (χ2n) is 3.10. The van der Waals surface area contributed by atoms with Crippen LogP contribution in [0.2, 0.25) is 0 Å². The van der Waals surface area contributed by atoms with Crippen molar-refractivity contribution in [2.45, 2.75) is 6.10 Å². The maximum atomic E-state index is 10.9. The van der Waals surface area contributed by atoms with Gasteiger partial charge in [-0.3, -0.25) is 0 Å². The van der Waals surface area contributed by atoms with Crippen molar-refractivity contribution in [2.24, 2.45) is 0 Å². The molecule has 0 saturated heterocycles. The summed E-state index contributed by atoms with van der Waals surface area (Å²) < 4.78 is 31.4. The van der Waals surface area contributed by atoms with Gasteiger partial charge in [0.25, 0.3) is 0 Å². The van der Waals surface area contributed by atoms with Gasteiger partial charge in [-0.15, -0.1) is 0 Å². The molecule has 0 aromatic heterocycles. The average Bonchev–Trinajstić information content (AvgIpc) is 2.17. The summed E-state index contributed by atoms with van der Waals surface area (Å²) in [4.78, 5) is 0. The van der Waals surface area contributed by atoms with Gasteiger partial charge in [-0.05, 0) is 17.7 Å². The van der Waals surface area contributed by atoms with Crippen LogP contribution < -0.4 is 4.18 Å². The fraction of sp³-hybridized carbons (Fsp3) is 0.300. The first kappa shape index (κ1) is 12.5. The number of benzene rings is 1. The van der Waals surface area contributed by atoms with Crippen molar-refractivity contribution < 1.29 is 17.3 Å². The third-order valence-corrected chi connectivity index (χ3v) is 2.26. The molecule has 16 heavy (non-hydrogen) atoms. The number of methoxy groups -OCH3 is 1. The Bertz CT molecular complexity index is 504. The van der Waals surface area contributed by atoms with Crippen LogP contribution in [0.4, 0.5) is 0 Å². The molecule has 0 aliphatic heterocycles. The molecule has 1 unspecified atom stereocenters. The summed E-state index contributed by atoms with van der Waals surface area (Å²) in [5.74, 6) is 0.164. The van der Waals surface area contributed by atoms with Crippen LogP contribution in [-0.4, -0.2) is 21.8 Å². The van der Waals surface area contributed by atoms with E-state index in [2.05, 4.69) is 4.18 Å². The number of nitriles is 1. The number of ether oxygens (including phenoxy) is 1. The second-order valence-corrected chi connectivity index (χ2v) is 4.68. The fourth-order valence-corrected chi connectivity index (χ4v) is 1.62. The molecule has 0 spiro atoms. The molecule has 0 radical (unpaired) electrons. The van der Waals surface area contributed by atoms with E-state index >= 15 is 0 Å². The van der Waals surface area contributed by atoms with Gasteiger partial charge in [-0.2, -0.15) is 13.7 Å². The van der Waals surface area contributed by atoms with Gasteiger partial charge in [-0.25, -0.2) is 0 Å². The van der Waals surface area contributed by atoms with Gasteiger partial charge in [0.2, 0.25) is 0 Å². The molecule has 0 fully saturated rings. The Morgan fingerprint density at radius 2 is 2.12 bits per heavy atom. The molecule has 0 amide bonds. The molecule has 1 rings (SSSR count). The quantitative estimate of drug-likeness (QED) is 0.741. The van der Waals surface area contributed by atoms with Gasteiger partial charge in [0, 0.05) is 7.11 Å². The lowest BCUT2D eigenvalue weighted by Gasteiger charge is -2.09. The second kappa shape index (κ2) is 4.96. The lowest BCUT2D eigenvalue weighted by atomic mass is 10.1. The van der Waals surface area contributed by atoms with Crippen molar-refractivity contribution in [2.75, 3.05) is 13.4 Å². The zero-order valence-corrected chi connectivity index (χ0v) is 9.69. The molecule has 0 saturated carbocycles. The Labute approximate surface area is 94.3 Å². The zero-order chi connectivity index (χ0) is 12.2. The van der Waals surface area contributed by atoms with Crippen LogP contribution in [-0.2, 0) is 14.9 Å². The lowest BCUT2D eigenvalue weighted by molar-refractivity contribution is 0.148. The normalized spacial score (nSPS) is 12.8. The van der Waals surface area contributed by atoms with E-state index in [4.69, 9.17) is 10.00 Å². The molecule has 6 heteroatoms. The first-order valence-electron chi connectivity index (χ1n) is 4.38. The Morgan fingerprint density at radius 1 is 1.44 bits per heavy atom. The molecular weight excluding hydrogens is 230 g/mol. The molecule has 5 nitrogen and oxygen atoms in total. The Hall–Kier alpha value is -1.58. The van der Waals surface area contributed by atoms with E-state index in [1.54, 1.807) is 12.1 Å². The standard InChI is InChI=1S/C10H11NO4S/c1-14-10(7-11)8-4-3-5-9(6-8)15-16(2,12)13/h3-6,10H,1-2H3. The number of rotatable bonds is 4. The Morgan fingerprint density at radius 3 is 2.62 bits per heavy atom. The minimum absolute atomic E-state index is 0.164. The molecule has 0 bridgehead atoms. The molecule has 1 aromatic carbocycles. The summed E-state index contributed by atoms with van der Waals surface area (Å²) >= 11 is 0. The molecule has 0 aliphatic rings. The van der Waals surface area contributed by atoms with Crippen molar-refractivity contribution in [1.82, 2.24) is 0 Å². The minimum atomic E-state index is -3.56. The van der Waals surface area contributed by atoms with Crippen LogP contribution in [0.3, 0.4) is 0 Å². The van der Waals surface area contributed by atoms with Crippen molar-refractivity contribution in [3.8, 4) is 11.8 Å². The first-order chi connectivity index (χ1) is 7.46. The molecule has 0 N–H and O–H groups in total. The van der Waals surface area contributed by atoms with Gasteiger partial charge in [0.05, 0.1) is 12.3 Å². The first-order valence-corrected chi connectivity index (χ1v) is 6.20. The molecule has 0 heterocycles. The van der Waals surface area contributed by atoms with Gasteiger partial charge < -0.3 is 8.92 Å². The Kier molecular flexibility index (Phi) is 3.88. The van der Waals surface area contributed by atoms with Gasteiger partial charge in [-0.1, -0.05) is 12.1 Å². The summed E-state index contributed by atoms with van der Waals surface area (Å²) in [5, 5.41) is 8.77. The average molecular weight is 241 g/mol. The van der Waals surface area contributed by atoms with Gasteiger partial charge in [0.1, 0.15) is 5.75 Å². The van der Waals surface area contributed by atoms with Crippen molar-refractivity contribution in [3.05, 3.63) is 29.8 Å². The summed E-state index contributed by atoms with van der Waals surface area (Å²) in [7, 11) is -2.16. The summed E-state index contributed by atoms with van der Waals surface area (Å²) in [5.41, 5.74) is 0.547. The summed E-state index contributed by atoms with van der Waals surface area (Å²) in [6.45, 7) is 0. The smallest absolute Gasteiger partial charge is 0.306 e. The fourth-order valence-electron chi connectivity index (χ4n) is 1.17. The molecule has 1 atom stereocenters.